The summed E-state index contributed by atoms with van der Waals surface area (Å²) in [6.45, 7) is 4.61. The second-order valence-electron chi connectivity index (χ2n) is 8.47. The molecule has 0 aliphatic heterocycles. The van der Waals surface area contributed by atoms with E-state index in [2.05, 4.69) is 38.1 Å². The lowest BCUT2D eigenvalue weighted by Crippen LogP contribution is -2.13. The summed E-state index contributed by atoms with van der Waals surface area (Å²) in [6, 6.07) is 9.70. The average Bonchev–Trinajstić information content (AvgIpc) is 2.66. The molecule has 0 radical (unpaired) electrons. The normalized spacial score (nSPS) is 20.7. The predicted molar refractivity (Wildman–Crippen MR) is 112 cm³/mol. The molecule has 0 atom stereocenters. The van der Waals surface area contributed by atoms with E-state index in [0.717, 1.165) is 11.8 Å². The molecule has 1 aromatic rings. The lowest BCUT2D eigenvalue weighted by molar-refractivity contribution is 0.304. The van der Waals surface area contributed by atoms with Gasteiger partial charge in [-0.3, -0.25) is 0 Å². The Morgan fingerprint density at radius 2 is 1.28 bits per heavy atom. The molecule has 0 heterocycles. The van der Waals surface area contributed by atoms with Crippen molar-refractivity contribution in [3.63, 3.8) is 0 Å². The summed E-state index contributed by atoms with van der Waals surface area (Å²) in [5.41, 5.74) is 3.16. The lowest BCUT2D eigenvalue weighted by Gasteiger charge is -2.29. The second kappa shape index (κ2) is 12.6. The van der Waals surface area contributed by atoms with Crippen LogP contribution in [0.4, 0.5) is 0 Å². The van der Waals surface area contributed by atoms with Crippen LogP contribution in [-0.4, -0.2) is 0 Å². The van der Waals surface area contributed by atoms with Crippen molar-refractivity contribution in [2.45, 2.75) is 116 Å². The number of rotatable bonds is 12. The molecule has 1 saturated carbocycles. The molecule has 25 heavy (non-hydrogen) atoms. The predicted octanol–water partition coefficient (Wildman–Crippen LogP) is 8.44. The summed E-state index contributed by atoms with van der Waals surface area (Å²) in [7, 11) is 0. The van der Waals surface area contributed by atoms with Gasteiger partial charge in [-0.05, 0) is 61.5 Å². The Labute approximate surface area is 157 Å². The quantitative estimate of drug-likeness (QED) is 0.334. The van der Waals surface area contributed by atoms with E-state index < -0.39 is 0 Å². The molecular weight excluding hydrogens is 300 g/mol. The van der Waals surface area contributed by atoms with Gasteiger partial charge in [0, 0.05) is 0 Å². The largest absolute Gasteiger partial charge is 0.0654 e. The third-order valence-electron chi connectivity index (χ3n) is 6.33. The molecule has 0 bridgehead atoms. The molecule has 0 saturated heterocycles. The van der Waals surface area contributed by atoms with E-state index in [1.165, 1.54) is 96.3 Å². The van der Waals surface area contributed by atoms with Crippen molar-refractivity contribution < 1.29 is 0 Å². The molecule has 0 heteroatoms. The summed E-state index contributed by atoms with van der Waals surface area (Å²) in [6.07, 6.45) is 21.2. The minimum atomic E-state index is 0.838. The Kier molecular flexibility index (Phi) is 10.3. The van der Waals surface area contributed by atoms with Crippen LogP contribution in [-0.2, 0) is 6.42 Å². The molecule has 1 fully saturated rings. The zero-order valence-electron chi connectivity index (χ0n) is 17.1. The van der Waals surface area contributed by atoms with E-state index in [-0.39, 0.29) is 0 Å². The standard InChI is InChI=1S/C25H42/c1-3-5-7-8-9-10-11-13-23-16-20-25(21-17-23)24-18-14-22(15-19-24)12-6-4-2/h16-17,20-22,24H,3-15,18-19H2,1-2H3. The fourth-order valence-electron chi connectivity index (χ4n) is 4.52. The highest BCUT2D eigenvalue weighted by Gasteiger charge is 2.21. The topological polar surface area (TPSA) is 0 Å². The van der Waals surface area contributed by atoms with Gasteiger partial charge in [-0.25, -0.2) is 0 Å². The van der Waals surface area contributed by atoms with E-state index in [0.29, 0.717) is 0 Å². The van der Waals surface area contributed by atoms with Crippen LogP contribution in [0.25, 0.3) is 0 Å². The van der Waals surface area contributed by atoms with Crippen molar-refractivity contribution in [1.29, 1.82) is 0 Å². The first-order chi connectivity index (χ1) is 12.3. The van der Waals surface area contributed by atoms with Crippen molar-refractivity contribution in [2.75, 3.05) is 0 Å². The van der Waals surface area contributed by atoms with Crippen LogP contribution in [0.1, 0.15) is 121 Å². The molecule has 0 amide bonds. The fourth-order valence-corrected chi connectivity index (χ4v) is 4.52. The molecule has 0 spiro atoms. The van der Waals surface area contributed by atoms with E-state index in [1.807, 2.05) is 0 Å². The molecule has 0 unspecified atom stereocenters. The molecule has 2 rings (SSSR count). The van der Waals surface area contributed by atoms with E-state index >= 15 is 0 Å². The van der Waals surface area contributed by atoms with Gasteiger partial charge >= 0.3 is 0 Å². The lowest BCUT2D eigenvalue weighted by atomic mass is 9.77. The van der Waals surface area contributed by atoms with Crippen molar-refractivity contribution in [2.24, 2.45) is 5.92 Å². The Bertz CT molecular complexity index is 422. The van der Waals surface area contributed by atoms with Crippen LogP contribution in [0.5, 0.6) is 0 Å². The van der Waals surface area contributed by atoms with Crippen LogP contribution in [0.2, 0.25) is 0 Å². The SMILES string of the molecule is CCCCCCCCCc1ccc(C2CCC(CCCC)CC2)cc1. The molecular formula is C25H42. The van der Waals surface area contributed by atoms with Gasteiger partial charge in [-0.2, -0.15) is 0 Å². The van der Waals surface area contributed by atoms with Crippen LogP contribution in [0.15, 0.2) is 24.3 Å². The van der Waals surface area contributed by atoms with Crippen molar-refractivity contribution >= 4 is 0 Å². The van der Waals surface area contributed by atoms with Gasteiger partial charge in [0.1, 0.15) is 0 Å². The minimum Gasteiger partial charge on any atom is -0.0654 e. The van der Waals surface area contributed by atoms with Gasteiger partial charge in [0.2, 0.25) is 0 Å². The van der Waals surface area contributed by atoms with Crippen molar-refractivity contribution in [1.82, 2.24) is 0 Å². The van der Waals surface area contributed by atoms with Crippen molar-refractivity contribution in [3.05, 3.63) is 35.4 Å². The number of benzene rings is 1. The van der Waals surface area contributed by atoms with Gasteiger partial charge in [0.15, 0.2) is 0 Å². The number of hydrogen-bond donors (Lipinski definition) is 0. The highest BCUT2D eigenvalue weighted by molar-refractivity contribution is 5.25. The van der Waals surface area contributed by atoms with E-state index in [4.69, 9.17) is 0 Å². The Morgan fingerprint density at radius 3 is 1.92 bits per heavy atom. The number of aryl methyl sites for hydroxylation is 1. The van der Waals surface area contributed by atoms with E-state index in [9.17, 15) is 0 Å². The maximum atomic E-state index is 2.44. The summed E-state index contributed by atoms with van der Waals surface area (Å²) >= 11 is 0. The third-order valence-corrected chi connectivity index (χ3v) is 6.33. The molecule has 0 N–H and O–H groups in total. The van der Waals surface area contributed by atoms with Crippen LogP contribution in [0.3, 0.4) is 0 Å². The van der Waals surface area contributed by atoms with Gasteiger partial charge in [-0.15, -0.1) is 0 Å². The summed E-state index contributed by atoms with van der Waals surface area (Å²) in [5, 5.41) is 0. The van der Waals surface area contributed by atoms with Crippen LogP contribution >= 0.6 is 0 Å². The van der Waals surface area contributed by atoms with Gasteiger partial charge in [-0.1, -0.05) is 95.9 Å². The molecule has 142 valence electrons. The smallest absolute Gasteiger partial charge is 0.0162 e. The molecule has 0 aromatic heterocycles. The molecule has 1 aromatic carbocycles. The first-order valence-electron chi connectivity index (χ1n) is 11.4. The first-order valence-corrected chi connectivity index (χ1v) is 11.4. The Morgan fingerprint density at radius 1 is 0.680 bits per heavy atom. The van der Waals surface area contributed by atoms with Gasteiger partial charge < -0.3 is 0 Å². The Hall–Kier alpha value is -0.780. The van der Waals surface area contributed by atoms with Crippen LogP contribution in [0, 0.1) is 5.92 Å². The second-order valence-corrected chi connectivity index (χ2v) is 8.47. The number of hydrogen-bond acceptors (Lipinski definition) is 0. The van der Waals surface area contributed by atoms with Gasteiger partial charge in [0.05, 0.1) is 0 Å². The first kappa shape index (κ1) is 20.5. The molecule has 1 aliphatic carbocycles. The molecule has 0 nitrogen and oxygen atoms in total. The number of unbranched alkanes of at least 4 members (excludes halogenated alkanes) is 7. The average molecular weight is 343 g/mol. The van der Waals surface area contributed by atoms with Crippen molar-refractivity contribution in [3.8, 4) is 0 Å². The third kappa shape index (κ3) is 7.97. The molecule has 1 aliphatic rings. The maximum absolute atomic E-state index is 2.44. The fraction of sp³-hybridized carbons (Fsp3) is 0.760. The van der Waals surface area contributed by atoms with E-state index in [1.54, 1.807) is 11.1 Å². The highest BCUT2D eigenvalue weighted by atomic mass is 14.3. The zero-order chi connectivity index (χ0) is 17.7. The summed E-state index contributed by atoms with van der Waals surface area (Å²) in [5.74, 6) is 1.86. The highest BCUT2D eigenvalue weighted by Crippen LogP contribution is 2.37. The monoisotopic (exact) mass is 342 g/mol. The zero-order valence-corrected chi connectivity index (χ0v) is 17.1. The van der Waals surface area contributed by atoms with Crippen LogP contribution < -0.4 is 0 Å². The summed E-state index contributed by atoms with van der Waals surface area (Å²) in [4.78, 5) is 0. The summed E-state index contributed by atoms with van der Waals surface area (Å²) < 4.78 is 0. The maximum Gasteiger partial charge on any atom is -0.0162 e. The minimum absolute atomic E-state index is 0.838. The van der Waals surface area contributed by atoms with Gasteiger partial charge in [0.25, 0.3) is 0 Å². The Balaban J connectivity index is 1.63.